The van der Waals surface area contributed by atoms with Crippen LogP contribution in [0.1, 0.15) is 32.4 Å². The number of β-lactam (4-membered cyclic amide) rings is 1. The number of benzene rings is 1. The Balaban J connectivity index is 1.56. The predicted molar refractivity (Wildman–Crippen MR) is 133 cm³/mol. The lowest BCUT2D eigenvalue weighted by Crippen LogP contribution is -2.71. The Bertz CT molecular complexity index is 1020. The van der Waals surface area contributed by atoms with Crippen LogP contribution in [0.3, 0.4) is 0 Å². The van der Waals surface area contributed by atoms with Gasteiger partial charge in [-0.3, -0.25) is 19.4 Å². The summed E-state index contributed by atoms with van der Waals surface area (Å²) < 4.78 is 0.806. The van der Waals surface area contributed by atoms with E-state index in [0.29, 0.717) is 23.9 Å². The standard InChI is InChI=1S/C22H26N4O4S3/c1-12(2)25-10-24(11-33-22(25)31)17(14-7-5-4-6-8-14)18(27)23-15-19(28)26-16(21(29)30)13(3)9-32-20(15)26/h4-8,12,15,17,20H,9-11H2,1-3H3,(H,23,27)(H,29,30)/t15-,17?,20-/m1/s1. The van der Waals surface area contributed by atoms with Crippen molar-refractivity contribution in [2.75, 3.05) is 18.3 Å². The van der Waals surface area contributed by atoms with Gasteiger partial charge in [-0.2, -0.15) is 0 Å². The third-order valence-electron chi connectivity index (χ3n) is 5.93. The molecule has 0 bridgehead atoms. The Labute approximate surface area is 206 Å². The molecule has 3 aliphatic rings. The van der Waals surface area contributed by atoms with Gasteiger partial charge in [0.25, 0.3) is 5.91 Å². The minimum atomic E-state index is -1.12. The normalized spacial score (nSPS) is 24.5. The lowest BCUT2D eigenvalue weighted by Gasteiger charge is -2.50. The lowest BCUT2D eigenvalue weighted by atomic mass is 10.0. The average Bonchev–Trinajstić information content (AvgIpc) is 2.78. The number of carboxylic acid groups (broad SMARTS) is 1. The van der Waals surface area contributed by atoms with Gasteiger partial charge in [-0.15, -0.1) is 11.8 Å². The first-order valence-electron chi connectivity index (χ1n) is 10.6. The molecular formula is C22H26N4O4S3. The number of thioether (sulfide) groups is 2. The van der Waals surface area contributed by atoms with Crippen LogP contribution in [0.15, 0.2) is 41.6 Å². The van der Waals surface area contributed by atoms with E-state index in [1.165, 1.54) is 28.4 Å². The largest absolute Gasteiger partial charge is 0.477 e. The first kappa shape index (κ1) is 24.1. The third kappa shape index (κ3) is 4.51. The summed E-state index contributed by atoms with van der Waals surface area (Å²) >= 11 is 8.49. The van der Waals surface area contributed by atoms with E-state index >= 15 is 0 Å². The number of carbonyl (C=O) groups is 3. The number of hydrogen-bond acceptors (Lipinski definition) is 7. The van der Waals surface area contributed by atoms with Gasteiger partial charge in [0.1, 0.15) is 27.5 Å². The molecule has 4 rings (SSSR count). The maximum Gasteiger partial charge on any atom is 0.352 e. The van der Waals surface area contributed by atoms with Gasteiger partial charge in [0, 0.05) is 11.8 Å². The van der Waals surface area contributed by atoms with Gasteiger partial charge in [-0.1, -0.05) is 54.3 Å². The molecule has 0 aromatic heterocycles. The number of nitrogens with one attached hydrogen (secondary N) is 1. The van der Waals surface area contributed by atoms with Crippen LogP contribution in [0.5, 0.6) is 0 Å². The van der Waals surface area contributed by atoms with Gasteiger partial charge < -0.3 is 15.3 Å². The van der Waals surface area contributed by atoms with E-state index in [-0.39, 0.29) is 23.6 Å². The van der Waals surface area contributed by atoms with Gasteiger partial charge in [0.05, 0.1) is 12.5 Å². The van der Waals surface area contributed by atoms with E-state index < -0.39 is 23.4 Å². The third-order valence-corrected chi connectivity index (χ3v) is 8.89. The number of nitrogens with zero attached hydrogens (tertiary/aromatic N) is 3. The van der Waals surface area contributed by atoms with Crippen LogP contribution < -0.4 is 5.32 Å². The molecular weight excluding hydrogens is 480 g/mol. The second kappa shape index (κ2) is 9.65. The Kier molecular flexibility index (Phi) is 7.04. The summed E-state index contributed by atoms with van der Waals surface area (Å²) in [5, 5.41) is 12.1. The van der Waals surface area contributed by atoms with Gasteiger partial charge in [-0.05, 0) is 31.9 Å². The summed E-state index contributed by atoms with van der Waals surface area (Å²) in [5.41, 5.74) is 1.51. The number of carbonyl (C=O) groups excluding carboxylic acids is 2. The molecule has 0 aliphatic carbocycles. The molecule has 3 atom stereocenters. The number of thiocarbonyl (C=S) groups is 1. The number of rotatable bonds is 6. The minimum Gasteiger partial charge on any atom is -0.477 e. The molecule has 2 amide bonds. The number of hydrogen-bond donors (Lipinski definition) is 2. The second-order valence-corrected chi connectivity index (χ2v) is 11.2. The monoisotopic (exact) mass is 506 g/mol. The van der Waals surface area contributed by atoms with Crippen LogP contribution in [0.2, 0.25) is 0 Å². The molecule has 0 saturated carbocycles. The van der Waals surface area contributed by atoms with E-state index in [0.717, 1.165) is 9.88 Å². The van der Waals surface area contributed by atoms with Crippen molar-refractivity contribution in [2.24, 2.45) is 0 Å². The second-order valence-electron chi connectivity index (χ2n) is 8.48. The summed E-state index contributed by atoms with van der Waals surface area (Å²) in [6, 6.07) is 8.31. The fourth-order valence-electron chi connectivity index (χ4n) is 4.22. The fourth-order valence-corrected chi connectivity index (χ4v) is 6.88. The number of carboxylic acids is 1. The highest BCUT2D eigenvalue weighted by Gasteiger charge is 2.54. The molecule has 3 aliphatic heterocycles. The van der Waals surface area contributed by atoms with E-state index in [1.807, 2.05) is 35.2 Å². The van der Waals surface area contributed by atoms with Crippen LogP contribution in [-0.2, 0) is 14.4 Å². The van der Waals surface area contributed by atoms with Gasteiger partial charge >= 0.3 is 5.97 Å². The zero-order valence-corrected chi connectivity index (χ0v) is 21.0. The summed E-state index contributed by atoms with van der Waals surface area (Å²) in [4.78, 5) is 43.5. The summed E-state index contributed by atoms with van der Waals surface area (Å²) in [6.45, 7) is 6.34. The highest BCUT2D eigenvalue weighted by molar-refractivity contribution is 8.22. The molecule has 0 spiro atoms. The first-order chi connectivity index (χ1) is 15.7. The molecule has 11 heteroatoms. The van der Waals surface area contributed by atoms with E-state index in [1.54, 1.807) is 6.92 Å². The van der Waals surface area contributed by atoms with Crippen molar-refractivity contribution >= 4 is 57.8 Å². The molecule has 1 aromatic rings. The van der Waals surface area contributed by atoms with Gasteiger partial charge in [-0.25, -0.2) is 4.79 Å². The van der Waals surface area contributed by atoms with Crippen molar-refractivity contribution in [3.63, 3.8) is 0 Å². The van der Waals surface area contributed by atoms with Crippen molar-refractivity contribution in [1.82, 2.24) is 20.0 Å². The molecule has 33 heavy (non-hydrogen) atoms. The molecule has 1 aromatic carbocycles. The van der Waals surface area contributed by atoms with Crippen molar-refractivity contribution < 1.29 is 19.5 Å². The van der Waals surface area contributed by atoms with Gasteiger partial charge in [0.2, 0.25) is 5.91 Å². The first-order valence-corrected chi connectivity index (χ1v) is 13.1. The highest BCUT2D eigenvalue weighted by atomic mass is 32.2. The van der Waals surface area contributed by atoms with Crippen molar-refractivity contribution in [2.45, 2.75) is 44.3 Å². The maximum atomic E-state index is 13.6. The molecule has 2 fully saturated rings. The molecule has 8 nitrogen and oxygen atoms in total. The zero-order valence-electron chi connectivity index (χ0n) is 18.6. The summed E-state index contributed by atoms with van der Waals surface area (Å²) in [7, 11) is 0. The van der Waals surface area contributed by atoms with Crippen LogP contribution in [-0.4, -0.2) is 77.7 Å². The van der Waals surface area contributed by atoms with Crippen LogP contribution in [0.4, 0.5) is 0 Å². The number of amides is 2. The van der Waals surface area contributed by atoms with E-state index in [4.69, 9.17) is 12.2 Å². The Hall–Kier alpha value is -2.08. The van der Waals surface area contributed by atoms with Crippen molar-refractivity contribution in [3.05, 3.63) is 47.2 Å². The highest BCUT2D eigenvalue weighted by Crippen LogP contribution is 2.40. The SMILES string of the molecule is CC1=C(C(=O)O)N2C(=O)[C@@H](NC(=O)C(c3ccccc3)N3CSC(=S)N(C(C)C)C3)[C@H]2SC1. The zero-order chi connectivity index (χ0) is 23.9. The smallest absolute Gasteiger partial charge is 0.352 e. The van der Waals surface area contributed by atoms with Gasteiger partial charge in [0.15, 0.2) is 0 Å². The average molecular weight is 507 g/mol. The van der Waals surface area contributed by atoms with E-state index in [2.05, 4.69) is 24.1 Å². The molecule has 1 unspecified atom stereocenters. The Morgan fingerprint density at radius 2 is 1.94 bits per heavy atom. The van der Waals surface area contributed by atoms with Crippen LogP contribution in [0.25, 0.3) is 0 Å². The molecule has 3 heterocycles. The quantitative estimate of drug-likeness (QED) is 0.446. The van der Waals surface area contributed by atoms with Crippen LogP contribution >= 0.6 is 35.7 Å². The van der Waals surface area contributed by atoms with Crippen LogP contribution in [0, 0.1) is 0 Å². The van der Waals surface area contributed by atoms with E-state index in [9.17, 15) is 19.5 Å². The summed E-state index contributed by atoms with van der Waals surface area (Å²) in [6.07, 6.45) is 0. The van der Waals surface area contributed by atoms with Crippen molar-refractivity contribution in [1.29, 1.82) is 0 Å². The predicted octanol–water partition coefficient (Wildman–Crippen LogP) is 2.45. The topological polar surface area (TPSA) is 93.2 Å². The molecule has 0 radical (unpaired) electrons. The Morgan fingerprint density at radius 1 is 1.24 bits per heavy atom. The molecule has 2 N–H and O–H groups in total. The molecule has 2 saturated heterocycles. The minimum absolute atomic E-state index is 0.0300. The maximum absolute atomic E-state index is 13.6. The number of aliphatic carboxylic acids is 1. The summed E-state index contributed by atoms with van der Waals surface area (Å²) in [5.74, 6) is -0.715. The molecule has 176 valence electrons. The lowest BCUT2D eigenvalue weighted by molar-refractivity contribution is -0.151. The Morgan fingerprint density at radius 3 is 2.58 bits per heavy atom. The van der Waals surface area contributed by atoms with Crippen molar-refractivity contribution in [3.8, 4) is 0 Å². The fraction of sp³-hybridized carbons (Fsp3) is 0.455. The number of fused-ring (bicyclic) bond motifs is 1.